The van der Waals surface area contributed by atoms with E-state index in [1.54, 1.807) is 0 Å². The molecule has 36 heavy (non-hydrogen) atoms. The van der Waals surface area contributed by atoms with Crippen molar-refractivity contribution in [1.82, 2.24) is 0 Å². The minimum absolute atomic E-state index is 0.106. The van der Waals surface area contributed by atoms with Gasteiger partial charge in [-0.1, -0.05) is 114 Å². The number of aliphatic hydroxyl groups is 1. The Morgan fingerprint density at radius 2 is 1.14 bits per heavy atom. The number of thiol groups is 1. The van der Waals surface area contributed by atoms with E-state index in [4.69, 9.17) is 0 Å². The number of hydrogen-bond acceptors (Lipinski definition) is 2. The van der Waals surface area contributed by atoms with Gasteiger partial charge < -0.3 is 5.11 Å². The van der Waals surface area contributed by atoms with Crippen molar-refractivity contribution in [3.05, 3.63) is 91.0 Å². The van der Waals surface area contributed by atoms with Gasteiger partial charge in [-0.3, -0.25) is 0 Å². The molecule has 0 spiro atoms. The van der Waals surface area contributed by atoms with Gasteiger partial charge in [0, 0.05) is 4.90 Å². The lowest BCUT2D eigenvalue weighted by molar-refractivity contribution is 0.0592. The van der Waals surface area contributed by atoms with Crippen LogP contribution in [0.4, 0.5) is 0 Å². The summed E-state index contributed by atoms with van der Waals surface area (Å²) >= 11 is 4.49. The second-order valence-corrected chi connectivity index (χ2v) is 10.3. The molecule has 5 aromatic carbocycles. The Morgan fingerprint density at radius 1 is 0.667 bits per heavy atom. The van der Waals surface area contributed by atoms with Crippen LogP contribution in [0.3, 0.4) is 0 Å². The van der Waals surface area contributed by atoms with Crippen LogP contribution in [0, 0.1) is 5.41 Å². The summed E-state index contributed by atoms with van der Waals surface area (Å²) in [6, 6.07) is 32.5. The first-order valence-electron chi connectivity index (χ1n) is 13.1. The van der Waals surface area contributed by atoms with E-state index in [1.807, 2.05) is 26.8 Å². The molecule has 0 amide bonds. The number of aliphatic hydroxyl groups excluding tert-OH is 1. The zero-order chi connectivity index (χ0) is 26.3. The van der Waals surface area contributed by atoms with Crippen molar-refractivity contribution in [2.45, 2.75) is 65.4 Å². The van der Waals surface area contributed by atoms with Crippen LogP contribution >= 0.6 is 12.6 Å². The Kier molecular flexibility index (Phi) is 9.59. The molecule has 0 aliphatic heterocycles. The van der Waals surface area contributed by atoms with E-state index in [0.717, 1.165) is 17.7 Å². The summed E-state index contributed by atoms with van der Waals surface area (Å²) in [5.41, 5.74) is 2.53. The van der Waals surface area contributed by atoms with E-state index < -0.39 is 0 Å². The number of rotatable bonds is 4. The molecule has 0 aliphatic rings. The van der Waals surface area contributed by atoms with Crippen molar-refractivity contribution in [3.8, 4) is 11.1 Å². The average molecular weight is 497 g/mol. The van der Waals surface area contributed by atoms with Crippen molar-refractivity contribution >= 4 is 44.9 Å². The second-order valence-electron chi connectivity index (χ2n) is 9.82. The highest BCUT2D eigenvalue weighted by Crippen LogP contribution is 2.37. The number of fused-ring (bicyclic) bond motifs is 6. The third-order valence-corrected chi connectivity index (χ3v) is 7.23. The van der Waals surface area contributed by atoms with Gasteiger partial charge >= 0.3 is 0 Å². The Bertz CT molecular complexity index is 1400. The first-order chi connectivity index (χ1) is 17.3. The topological polar surface area (TPSA) is 20.2 Å². The predicted octanol–water partition coefficient (Wildman–Crippen LogP) is 10.3. The maximum atomic E-state index is 9.21. The lowest BCUT2D eigenvalue weighted by atomic mass is 9.83. The summed E-state index contributed by atoms with van der Waals surface area (Å²) in [5, 5.41) is 17.1. The van der Waals surface area contributed by atoms with Gasteiger partial charge in [0.05, 0.1) is 6.10 Å². The fourth-order valence-electron chi connectivity index (χ4n) is 4.63. The summed E-state index contributed by atoms with van der Waals surface area (Å²) in [5.74, 6) is 0. The normalized spacial score (nSPS) is 12.0. The van der Waals surface area contributed by atoms with Crippen molar-refractivity contribution in [1.29, 1.82) is 0 Å². The molecule has 0 saturated carbocycles. The third kappa shape index (κ3) is 6.11. The van der Waals surface area contributed by atoms with Gasteiger partial charge in [-0.25, -0.2) is 0 Å². The standard InChI is InChI=1S/C24H16S.C8H18O.C2H6/c25-18-7-5-6-16(14-18)17-12-13-23-21-10-2-1-8-19(21)20-9-3-4-11-22(20)24(23)15-17;1-5-6-8(3,4)7(2)9;1-2/h1-15,25H;7,9H,5-6H2,1-4H3;1-2H3. The molecule has 5 aromatic rings. The van der Waals surface area contributed by atoms with Crippen LogP contribution in [0.5, 0.6) is 0 Å². The first kappa shape index (κ1) is 27.8. The van der Waals surface area contributed by atoms with Crippen LogP contribution in [0.1, 0.15) is 54.4 Å². The van der Waals surface area contributed by atoms with Crippen molar-refractivity contribution in [2.24, 2.45) is 5.41 Å². The van der Waals surface area contributed by atoms with Crippen molar-refractivity contribution in [2.75, 3.05) is 0 Å². The zero-order valence-electron chi connectivity index (χ0n) is 22.5. The fraction of sp³-hybridized carbons (Fsp3) is 0.294. The molecule has 188 valence electrons. The van der Waals surface area contributed by atoms with Crippen LogP contribution in [-0.4, -0.2) is 11.2 Å². The van der Waals surface area contributed by atoms with Crippen LogP contribution in [0.15, 0.2) is 95.9 Å². The Labute approximate surface area is 222 Å². The molecule has 1 atom stereocenters. The van der Waals surface area contributed by atoms with E-state index in [2.05, 4.69) is 118 Å². The molecule has 0 heterocycles. The molecule has 2 heteroatoms. The van der Waals surface area contributed by atoms with E-state index in [0.29, 0.717) is 0 Å². The highest BCUT2D eigenvalue weighted by atomic mass is 32.1. The summed E-state index contributed by atoms with van der Waals surface area (Å²) in [6.07, 6.45) is 2.07. The second kappa shape index (κ2) is 12.4. The molecular weight excluding hydrogens is 456 g/mol. The summed E-state index contributed by atoms with van der Waals surface area (Å²) < 4.78 is 0. The molecule has 0 saturated heterocycles. The maximum Gasteiger partial charge on any atom is 0.0563 e. The Morgan fingerprint density at radius 3 is 1.58 bits per heavy atom. The van der Waals surface area contributed by atoms with Gasteiger partial charge in [-0.15, -0.1) is 12.6 Å². The molecule has 0 aromatic heterocycles. The lowest BCUT2D eigenvalue weighted by Crippen LogP contribution is -2.25. The van der Waals surface area contributed by atoms with Crippen molar-refractivity contribution < 1.29 is 5.11 Å². The maximum absolute atomic E-state index is 9.21. The third-order valence-electron chi connectivity index (χ3n) is 6.95. The quantitative estimate of drug-likeness (QED) is 0.187. The molecule has 1 unspecified atom stereocenters. The van der Waals surface area contributed by atoms with Gasteiger partial charge in [0.25, 0.3) is 0 Å². The molecule has 5 rings (SSSR count). The van der Waals surface area contributed by atoms with Crippen LogP contribution in [-0.2, 0) is 0 Å². The number of hydrogen-bond donors (Lipinski definition) is 2. The van der Waals surface area contributed by atoms with E-state index >= 15 is 0 Å². The van der Waals surface area contributed by atoms with Crippen molar-refractivity contribution in [3.63, 3.8) is 0 Å². The van der Waals surface area contributed by atoms with Gasteiger partial charge in [-0.2, -0.15) is 0 Å². The van der Waals surface area contributed by atoms with Gasteiger partial charge in [0.2, 0.25) is 0 Å². The zero-order valence-corrected chi connectivity index (χ0v) is 23.4. The summed E-state index contributed by atoms with van der Waals surface area (Å²) in [6.45, 7) is 12.2. The highest BCUT2D eigenvalue weighted by Gasteiger charge is 2.22. The van der Waals surface area contributed by atoms with Crippen LogP contribution in [0.25, 0.3) is 43.4 Å². The monoisotopic (exact) mass is 496 g/mol. The Balaban J connectivity index is 0.000000281. The molecule has 0 fully saturated rings. The van der Waals surface area contributed by atoms with E-state index in [1.165, 1.54) is 43.4 Å². The minimum Gasteiger partial charge on any atom is -0.393 e. The molecule has 1 N–H and O–H groups in total. The molecule has 0 aliphatic carbocycles. The molecule has 1 nitrogen and oxygen atoms in total. The molecular formula is C34H40OS. The van der Waals surface area contributed by atoms with Crippen LogP contribution in [0.2, 0.25) is 0 Å². The first-order valence-corrected chi connectivity index (χ1v) is 13.6. The summed E-state index contributed by atoms with van der Waals surface area (Å²) in [4.78, 5) is 0.987. The molecule has 0 radical (unpaired) electrons. The Hall–Kier alpha value is -2.81. The average Bonchev–Trinajstić information content (AvgIpc) is 2.90. The number of benzene rings is 5. The summed E-state index contributed by atoms with van der Waals surface area (Å²) in [7, 11) is 0. The van der Waals surface area contributed by atoms with E-state index in [-0.39, 0.29) is 11.5 Å². The van der Waals surface area contributed by atoms with Crippen LogP contribution < -0.4 is 0 Å². The predicted molar refractivity (Wildman–Crippen MR) is 163 cm³/mol. The fourth-order valence-corrected chi connectivity index (χ4v) is 4.85. The van der Waals surface area contributed by atoms with Gasteiger partial charge in [0.1, 0.15) is 0 Å². The van der Waals surface area contributed by atoms with E-state index in [9.17, 15) is 5.11 Å². The smallest absolute Gasteiger partial charge is 0.0563 e. The minimum atomic E-state index is -0.183. The molecule has 0 bridgehead atoms. The van der Waals surface area contributed by atoms with Gasteiger partial charge in [-0.05, 0) is 80.4 Å². The lowest BCUT2D eigenvalue weighted by Gasteiger charge is -2.27. The largest absolute Gasteiger partial charge is 0.393 e. The van der Waals surface area contributed by atoms with Gasteiger partial charge in [0.15, 0.2) is 0 Å². The highest BCUT2D eigenvalue weighted by molar-refractivity contribution is 7.80. The SMILES string of the molecule is CC.CCCC(C)(C)C(C)O.Sc1cccc(-c2ccc3c4ccccc4c4ccccc4c3c2)c1.